The van der Waals surface area contributed by atoms with E-state index in [4.69, 9.17) is 10.4 Å². The molecule has 0 atom stereocenters. The van der Waals surface area contributed by atoms with Crippen molar-refractivity contribution in [2.45, 2.75) is 36.5 Å². The molecular formula is C24H24BNO5S. The van der Waals surface area contributed by atoms with E-state index in [9.17, 15) is 18.2 Å². The first-order valence-corrected chi connectivity index (χ1v) is 12.1. The zero-order chi connectivity index (χ0) is 22.7. The molecule has 0 unspecified atom stereocenters. The molecule has 0 saturated heterocycles. The Bertz CT molecular complexity index is 1240. The third kappa shape index (κ3) is 5.10. The summed E-state index contributed by atoms with van der Waals surface area (Å²) in [6, 6.07) is 19.4. The molecule has 3 N–H and O–H groups in total. The van der Waals surface area contributed by atoms with Crippen LogP contribution in [0.5, 0.6) is 0 Å². The van der Waals surface area contributed by atoms with Gasteiger partial charge in [-0.25, -0.2) is 8.42 Å². The summed E-state index contributed by atoms with van der Waals surface area (Å²) < 4.78 is 31.6. The lowest BCUT2D eigenvalue weighted by molar-refractivity contribution is -0.118. The second-order valence-electron chi connectivity index (χ2n) is 8.02. The van der Waals surface area contributed by atoms with Gasteiger partial charge >= 0.3 is 7.12 Å². The Hall–Kier alpha value is -2.94. The second kappa shape index (κ2) is 9.28. The molecule has 0 bridgehead atoms. The summed E-state index contributed by atoms with van der Waals surface area (Å²) in [4.78, 5) is 12.7. The Balaban J connectivity index is 1.53. The minimum Gasteiger partial charge on any atom is -0.423 e. The van der Waals surface area contributed by atoms with Crippen molar-refractivity contribution in [3.8, 4) is 0 Å². The van der Waals surface area contributed by atoms with Crippen LogP contribution >= 0.6 is 0 Å². The molecule has 0 aromatic heterocycles. The molecule has 3 aromatic carbocycles. The average Bonchev–Trinajstić information content (AvgIpc) is 3.13. The Labute approximate surface area is 188 Å². The van der Waals surface area contributed by atoms with Crippen molar-refractivity contribution in [2.24, 2.45) is 0 Å². The van der Waals surface area contributed by atoms with Crippen LogP contribution in [0.2, 0.25) is 0 Å². The number of sulfone groups is 1. The molecule has 164 valence electrons. The third-order valence-electron chi connectivity index (χ3n) is 5.57. The predicted octanol–water partition coefficient (Wildman–Crippen LogP) is 2.20. The fraction of sp³-hybridized carbons (Fsp3) is 0.208. The number of nitrogen functional groups attached to an aromatic ring is 1. The van der Waals surface area contributed by atoms with Crippen LogP contribution in [0.25, 0.3) is 0 Å². The van der Waals surface area contributed by atoms with Crippen LogP contribution in [0.15, 0.2) is 71.6 Å². The summed E-state index contributed by atoms with van der Waals surface area (Å²) in [7, 11) is -4.78. The Kier molecular flexibility index (Phi) is 6.46. The summed E-state index contributed by atoms with van der Waals surface area (Å²) in [5.41, 5.74) is 9.75. The van der Waals surface area contributed by atoms with E-state index in [-0.39, 0.29) is 22.9 Å². The Morgan fingerprint density at radius 1 is 1.03 bits per heavy atom. The molecule has 6 nitrogen and oxygen atoms in total. The second-order valence-corrected chi connectivity index (χ2v) is 9.98. The quantitative estimate of drug-likeness (QED) is 0.404. The van der Waals surface area contributed by atoms with Crippen molar-refractivity contribution in [1.82, 2.24) is 0 Å². The monoisotopic (exact) mass is 449 g/mol. The molecule has 1 heterocycles. The Morgan fingerprint density at radius 3 is 2.59 bits per heavy atom. The number of carbonyl (C=O) groups excluding carboxylic acids is 1. The molecule has 4 rings (SSSR count). The van der Waals surface area contributed by atoms with Gasteiger partial charge in [-0.3, -0.25) is 4.79 Å². The van der Waals surface area contributed by atoms with Gasteiger partial charge in [0.15, 0.2) is 9.84 Å². The number of fused-ring (bicyclic) bond motifs is 1. The fourth-order valence-electron chi connectivity index (χ4n) is 3.92. The number of anilines is 1. The number of rotatable bonds is 8. The molecule has 8 heteroatoms. The number of benzene rings is 3. The van der Waals surface area contributed by atoms with E-state index >= 15 is 0 Å². The SMILES string of the molecule is Nc1ccc(S(=O)(=O)Cc2ccc3c(c2)B(O)OC3)c(CC(=O)CCc2ccccc2)c1. The van der Waals surface area contributed by atoms with E-state index in [0.717, 1.165) is 11.1 Å². The molecule has 1 aliphatic heterocycles. The van der Waals surface area contributed by atoms with Crippen LogP contribution in [-0.2, 0) is 44.5 Å². The van der Waals surface area contributed by atoms with E-state index in [2.05, 4.69) is 0 Å². The number of ketones is 1. The molecule has 0 fully saturated rings. The van der Waals surface area contributed by atoms with Crippen LogP contribution < -0.4 is 11.2 Å². The number of hydrogen-bond donors (Lipinski definition) is 2. The summed E-state index contributed by atoms with van der Waals surface area (Å²) in [5.74, 6) is -0.295. The van der Waals surface area contributed by atoms with Gasteiger partial charge in [-0.15, -0.1) is 0 Å². The fourth-order valence-corrected chi connectivity index (χ4v) is 5.50. The van der Waals surface area contributed by atoms with E-state index in [1.54, 1.807) is 24.3 Å². The van der Waals surface area contributed by atoms with Gasteiger partial charge in [-0.1, -0.05) is 48.5 Å². The lowest BCUT2D eigenvalue weighted by Gasteiger charge is -2.12. The van der Waals surface area contributed by atoms with Crippen LogP contribution in [0, 0.1) is 0 Å². The molecule has 32 heavy (non-hydrogen) atoms. The molecular weight excluding hydrogens is 425 g/mol. The van der Waals surface area contributed by atoms with Crippen LogP contribution in [0.1, 0.15) is 28.7 Å². The van der Waals surface area contributed by atoms with E-state index in [1.165, 1.54) is 12.1 Å². The van der Waals surface area contributed by atoms with Gasteiger partial charge < -0.3 is 15.4 Å². The first kappa shape index (κ1) is 22.3. The summed E-state index contributed by atoms with van der Waals surface area (Å²) in [6.45, 7) is 0.302. The largest absolute Gasteiger partial charge is 0.491 e. The van der Waals surface area contributed by atoms with Crippen LogP contribution in [-0.4, -0.2) is 26.3 Å². The highest BCUT2D eigenvalue weighted by atomic mass is 32.2. The minimum atomic E-state index is -3.74. The van der Waals surface area contributed by atoms with E-state index in [1.807, 2.05) is 30.3 Å². The standard InChI is InChI=1S/C24H24BNO5S/c26-21-9-11-24(20(13-21)14-22(27)10-7-17-4-2-1-3-5-17)32(29,30)16-18-6-8-19-15-31-25(28)23(19)12-18/h1-6,8-9,11-13,28H,7,10,14-16,26H2. The highest BCUT2D eigenvalue weighted by molar-refractivity contribution is 7.90. The van der Waals surface area contributed by atoms with Crippen molar-refractivity contribution in [3.63, 3.8) is 0 Å². The lowest BCUT2D eigenvalue weighted by Crippen LogP contribution is -2.28. The summed E-state index contributed by atoms with van der Waals surface area (Å²) in [5, 5.41) is 9.90. The minimum absolute atomic E-state index is 0.00315. The summed E-state index contributed by atoms with van der Waals surface area (Å²) >= 11 is 0. The normalized spacial score (nSPS) is 13.2. The van der Waals surface area contributed by atoms with Crippen molar-refractivity contribution < 1.29 is 22.9 Å². The molecule has 0 spiro atoms. The predicted molar refractivity (Wildman–Crippen MR) is 124 cm³/mol. The molecule has 0 saturated carbocycles. The zero-order valence-electron chi connectivity index (χ0n) is 17.5. The average molecular weight is 449 g/mol. The molecule has 0 aliphatic carbocycles. The van der Waals surface area contributed by atoms with Crippen molar-refractivity contribution in [2.75, 3.05) is 5.73 Å². The number of hydrogen-bond acceptors (Lipinski definition) is 6. The van der Waals surface area contributed by atoms with Crippen LogP contribution in [0.4, 0.5) is 5.69 Å². The van der Waals surface area contributed by atoms with E-state index in [0.29, 0.717) is 41.7 Å². The molecule has 3 aromatic rings. The van der Waals surface area contributed by atoms with E-state index < -0.39 is 17.0 Å². The zero-order valence-corrected chi connectivity index (χ0v) is 18.3. The van der Waals surface area contributed by atoms with Gasteiger partial charge in [0, 0.05) is 18.5 Å². The van der Waals surface area contributed by atoms with Gasteiger partial charge in [-0.05, 0) is 52.3 Å². The lowest BCUT2D eigenvalue weighted by atomic mass is 9.79. The smallest absolute Gasteiger partial charge is 0.423 e. The topological polar surface area (TPSA) is 107 Å². The number of carbonyl (C=O) groups is 1. The third-order valence-corrected chi connectivity index (χ3v) is 7.35. The molecule has 1 aliphatic rings. The molecule has 0 amide bonds. The Morgan fingerprint density at radius 2 is 1.81 bits per heavy atom. The van der Waals surface area contributed by atoms with Gasteiger partial charge in [0.25, 0.3) is 0 Å². The maximum Gasteiger partial charge on any atom is 0.491 e. The maximum absolute atomic E-state index is 13.2. The van der Waals surface area contributed by atoms with Gasteiger partial charge in [0.05, 0.1) is 17.3 Å². The first-order valence-electron chi connectivity index (χ1n) is 10.4. The van der Waals surface area contributed by atoms with Crippen molar-refractivity contribution in [3.05, 3.63) is 89.0 Å². The number of nitrogens with two attached hydrogens (primary N) is 1. The summed E-state index contributed by atoms with van der Waals surface area (Å²) in [6.07, 6.45) is 0.924. The maximum atomic E-state index is 13.2. The van der Waals surface area contributed by atoms with Gasteiger partial charge in [0.2, 0.25) is 0 Å². The number of aryl methyl sites for hydroxylation is 1. The molecule has 0 radical (unpaired) electrons. The first-order chi connectivity index (χ1) is 15.3. The highest BCUT2D eigenvalue weighted by Crippen LogP contribution is 2.25. The van der Waals surface area contributed by atoms with Crippen LogP contribution in [0.3, 0.4) is 0 Å². The van der Waals surface area contributed by atoms with Crippen molar-refractivity contribution >= 4 is 33.9 Å². The highest BCUT2D eigenvalue weighted by Gasteiger charge is 2.28. The van der Waals surface area contributed by atoms with Gasteiger partial charge in [0.1, 0.15) is 5.78 Å². The number of Topliss-reactive ketones (excluding diaryl/α,β-unsaturated/α-hetero) is 1. The van der Waals surface area contributed by atoms with Gasteiger partial charge in [-0.2, -0.15) is 0 Å². The van der Waals surface area contributed by atoms with Crippen molar-refractivity contribution in [1.29, 1.82) is 0 Å².